The second kappa shape index (κ2) is 5.07. The van der Waals surface area contributed by atoms with E-state index in [0.29, 0.717) is 12.5 Å². The number of pyridine rings is 1. The van der Waals surface area contributed by atoms with Crippen molar-refractivity contribution in [3.8, 4) is 0 Å². The van der Waals surface area contributed by atoms with Crippen LogP contribution in [0.2, 0.25) is 0 Å². The average molecular weight is 209 g/mol. The Labute approximate surface area is 89.3 Å². The minimum atomic E-state index is -0.213. The second-order valence-corrected chi connectivity index (χ2v) is 3.86. The summed E-state index contributed by atoms with van der Waals surface area (Å²) in [6, 6.07) is 6.30. The standard InChI is InChI=1S/C11H16FN3/c12-5-3-7-15-8-10(9-15)14-11-4-1-2-6-13-11/h1-2,4,6,10H,3,5,7-9H2,(H,13,14). The van der Waals surface area contributed by atoms with E-state index in [1.807, 2.05) is 18.2 Å². The third-order valence-corrected chi connectivity index (χ3v) is 2.58. The van der Waals surface area contributed by atoms with Crippen LogP contribution in [0.15, 0.2) is 24.4 Å². The fourth-order valence-electron chi connectivity index (χ4n) is 1.78. The Balaban J connectivity index is 1.68. The summed E-state index contributed by atoms with van der Waals surface area (Å²) in [5.41, 5.74) is 0. The van der Waals surface area contributed by atoms with E-state index in [1.165, 1.54) is 0 Å². The molecule has 1 saturated heterocycles. The Kier molecular flexibility index (Phi) is 3.50. The van der Waals surface area contributed by atoms with Crippen LogP contribution in [0.1, 0.15) is 6.42 Å². The lowest BCUT2D eigenvalue weighted by Gasteiger charge is -2.39. The van der Waals surface area contributed by atoms with E-state index in [9.17, 15) is 4.39 Å². The van der Waals surface area contributed by atoms with Crippen LogP contribution in [-0.4, -0.2) is 42.2 Å². The van der Waals surface area contributed by atoms with Gasteiger partial charge in [-0.1, -0.05) is 6.07 Å². The summed E-state index contributed by atoms with van der Waals surface area (Å²) in [6.45, 7) is 2.65. The van der Waals surface area contributed by atoms with Crippen molar-refractivity contribution in [3.05, 3.63) is 24.4 Å². The van der Waals surface area contributed by atoms with Crippen molar-refractivity contribution in [2.75, 3.05) is 31.6 Å². The number of anilines is 1. The number of rotatable bonds is 5. The van der Waals surface area contributed by atoms with Gasteiger partial charge in [-0.25, -0.2) is 4.98 Å². The second-order valence-electron chi connectivity index (χ2n) is 3.86. The van der Waals surface area contributed by atoms with Crippen molar-refractivity contribution in [3.63, 3.8) is 0 Å². The van der Waals surface area contributed by atoms with Crippen LogP contribution in [0.5, 0.6) is 0 Å². The smallest absolute Gasteiger partial charge is 0.126 e. The molecule has 2 rings (SSSR count). The highest BCUT2D eigenvalue weighted by atomic mass is 19.1. The first-order chi connectivity index (χ1) is 7.38. The molecule has 0 saturated carbocycles. The van der Waals surface area contributed by atoms with Gasteiger partial charge in [0.05, 0.1) is 12.7 Å². The van der Waals surface area contributed by atoms with Crippen LogP contribution in [-0.2, 0) is 0 Å². The van der Waals surface area contributed by atoms with Gasteiger partial charge >= 0.3 is 0 Å². The highest BCUT2D eigenvalue weighted by Gasteiger charge is 2.25. The number of halogens is 1. The van der Waals surface area contributed by atoms with E-state index in [1.54, 1.807) is 6.20 Å². The molecule has 0 spiro atoms. The van der Waals surface area contributed by atoms with Crippen molar-refractivity contribution < 1.29 is 4.39 Å². The van der Waals surface area contributed by atoms with Crippen molar-refractivity contribution >= 4 is 5.82 Å². The summed E-state index contributed by atoms with van der Waals surface area (Å²) in [5.74, 6) is 0.924. The molecule has 0 amide bonds. The largest absolute Gasteiger partial charge is 0.365 e. The summed E-state index contributed by atoms with van der Waals surface area (Å²) < 4.78 is 11.9. The summed E-state index contributed by atoms with van der Waals surface area (Å²) in [5, 5.41) is 3.34. The fourth-order valence-corrected chi connectivity index (χ4v) is 1.78. The number of aromatic nitrogens is 1. The first-order valence-corrected chi connectivity index (χ1v) is 5.34. The van der Waals surface area contributed by atoms with Crippen LogP contribution in [0.25, 0.3) is 0 Å². The summed E-state index contributed by atoms with van der Waals surface area (Å²) in [7, 11) is 0. The predicted octanol–water partition coefficient (Wildman–Crippen LogP) is 1.54. The van der Waals surface area contributed by atoms with E-state index in [2.05, 4.69) is 15.2 Å². The zero-order valence-electron chi connectivity index (χ0n) is 8.69. The summed E-state index contributed by atoms with van der Waals surface area (Å²) >= 11 is 0. The van der Waals surface area contributed by atoms with E-state index in [-0.39, 0.29) is 6.67 Å². The van der Waals surface area contributed by atoms with Crippen molar-refractivity contribution in [2.45, 2.75) is 12.5 Å². The fraction of sp³-hybridized carbons (Fsp3) is 0.545. The molecular weight excluding hydrogens is 193 g/mol. The molecule has 4 heteroatoms. The first kappa shape index (κ1) is 10.4. The Morgan fingerprint density at radius 3 is 3.00 bits per heavy atom. The monoisotopic (exact) mass is 209 g/mol. The molecule has 3 nitrogen and oxygen atoms in total. The lowest BCUT2D eigenvalue weighted by molar-refractivity contribution is 0.155. The predicted molar refractivity (Wildman–Crippen MR) is 58.7 cm³/mol. The Bertz CT molecular complexity index is 285. The highest BCUT2D eigenvalue weighted by Crippen LogP contribution is 2.13. The third kappa shape index (κ3) is 2.89. The quantitative estimate of drug-likeness (QED) is 0.797. The molecule has 0 aliphatic carbocycles. The van der Waals surface area contributed by atoms with Crippen molar-refractivity contribution in [2.24, 2.45) is 0 Å². The van der Waals surface area contributed by atoms with Crippen LogP contribution in [0.3, 0.4) is 0 Å². The maximum absolute atomic E-state index is 11.9. The van der Waals surface area contributed by atoms with Crippen LogP contribution in [0.4, 0.5) is 10.2 Å². The Hall–Kier alpha value is -1.16. The molecule has 82 valence electrons. The van der Waals surface area contributed by atoms with Crippen LogP contribution in [0, 0.1) is 0 Å². The number of hydrogen-bond donors (Lipinski definition) is 1. The molecular formula is C11H16FN3. The topological polar surface area (TPSA) is 28.2 Å². The normalized spacial score (nSPS) is 17.4. The van der Waals surface area contributed by atoms with Gasteiger partial charge in [0, 0.05) is 25.8 Å². The van der Waals surface area contributed by atoms with Gasteiger partial charge in [0.15, 0.2) is 0 Å². The maximum Gasteiger partial charge on any atom is 0.126 e. The molecule has 1 fully saturated rings. The third-order valence-electron chi connectivity index (χ3n) is 2.58. The Morgan fingerprint density at radius 2 is 2.33 bits per heavy atom. The van der Waals surface area contributed by atoms with Gasteiger partial charge in [-0.15, -0.1) is 0 Å². The molecule has 2 heterocycles. The molecule has 1 aliphatic rings. The van der Waals surface area contributed by atoms with Crippen LogP contribution >= 0.6 is 0 Å². The van der Waals surface area contributed by atoms with Gasteiger partial charge in [-0.2, -0.15) is 0 Å². The molecule has 15 heavy (non-hydrogen) atoms. The van der Waals surface area contributed by atoms with E-state index < -0.39 is 0 Å². The molecule has 0 unspecified atom stereocenters. The minimum absolute atomic E-state index is 0.213. The Morgan fingerprint density at radius 1 is 1.47 bits per heavy atom. The maximum atomic E-state index is 11.9. The number of nitrogens with zero attached hydrogens (tertiary/aromatic N) is 2. The van der Waals surface area contributed by atoms with E-state index in [0.717, 1.165) is 25.5 Å². The average Bonchev–Trinajstić information content (AvgIpc) is 2.23. The number of hydrogen-bond acceptors (Lipinski definition) is 3. The van der Waals surface area contributed by atoms with Gasteiger partial charge in [0.2, 0.25) is 0 Å². The molecule has 0 bridgehead atoms. The zero-order chi connectivity index (χ0) is 10.5. The minimum Gasteiger partial charge on any atom is -0.365 e. The van der Waals surface area contributed by atoms with Crippen molar-refractivity contribution in [1.29, 1.82) is 0 Å². The van der Waals surface area contributed by atoms with Gasteiger partial charge in [-0.3, -0.25) is 9.29 Å². The lowest BCUT2D eigenvalue weighted by Crippen LogP contribution is -2.54. The number of likely N-dealkylation sites (tertiary alicyclic amines) is 1. The molecule has 1 aliphatic heterocycles. The first-order valence-electron chi connectivity index (χ1n) is 5.34. The van der Waals surface area contributed by atoms with Gasteiger partial charge in [0.1, 0.15) is 5.82 Å². The molecule has 1 aromatic rings. The van der Waals surface area contributed by atoms with Gasteiger partial charge < -0.3 is 5.32 Å². The summed E-state index contributed by atoms with van der Waals surface area (Å²) in [6.07, 6.45) is 2.43. The SMILES string of the molecule is FCCCN1CC(Nc2ccccn2)C1. The molecule has 1 aromatic heterocycles. The van der Waals surface area contributed by atoms with Crippen molar-refractivity contribution in [1.82, 2.24) is 9.88 Å². The molecule has 1 N–H and O–H groups in total. The van der Waals surface area contributed by atoms with Gasteiger partial charge in [-0.05, 0) is 18.6 Å². The van der Waals surface area contributed by atoms with Gasteiger partial charge in [0.25, 0.3) is 0 Å². The summed E-state index contributed by atoms with van der Waals surface area (Å²) in [4.78, 5) is 6.45. The number of nitrogens with one attached hydrogen (secondary N) is 1. The molecule has 0 radical (unpaired) electrons. The van der Waals surface area contributed by atoms with Crippen LogP contribution < -0.4 is 5.32 Å². The zero-order valence-corrected chi connectivity index (χ0v) is 8.69. The number of alkyl halides is 1. The highest BCUT2D eigenvalue weighted by molar-refractivity contribution is 5.35. The van der Waals surface area contributed by atoms with E-state index >= 15 is 0 Å². The van der Waals surface area contributed by atoms with E-state index in [4.69, 9.17) is 0 Å². The molecule has 0 aromatic carbocycles. The lowest BCUT2D eigenvalue weighted by atomic mass is 10.1. The molecule has 0 atom stereocenters.